The summed E-state index contributed by atoms with van der Waals surface area (Å²) in [5, 5.41) is 10.9. The summed E-state index contributed by atoms with van der Waals surface area (Å²) in [7, 11) is -3.85. The molecule has 9 heteroatoms. The molecule has 1 fully saturated rings. The monoisotopic (exact) mass is 403 g/mol. The summed E-state index contributed by atoms with van der Waals surface area (Å²) in [6.45, 7) is 4.72. The number of carbonyl (C=O) groups is 1. The van der Waals surface area contributed by atoms with Gasteiger partial charge in [-0.3, -0.25) is 14.9 Å². The summed E-state index contributed by atoms with van der Waals surface area (Å²) in [6.07, 6.45) is 0. The van der Waals surface area contributed by atoms with Gasteiger partial charge in [-0.2, -0.15) is 4.31 Å². The van der Waals surface area contributed by atoms with Gasteiger partial charge < -0.3 is 4.90 Å². The number of rotatable bonds is 4. The second-order valence-corrected chi connectivity index (χ2v) is 8.69. The van der Waals surface area contributed by atoms with E-state index in [1.54, 1.807) is 11.0 Å². The van der Waals surface area contributed by atoms with Crippen molar-refractivity contribution >= 4 is 21.6 Å². The Kier molecular flexibility index (Phi) is 5.48. The van der Waals surface area contributed by atoms with Gasteiger partial charge in [0.1, 0.15) is 0 Å². The fourth-order valence-corrected chi connectivity index (χ4v) is 4.56. The van der Waals surface area contributed by atoms with Crippen LogP contribution >= 0.6 is 0 Å². The SMILES string of the molecule is Cc1ccc(C(=O)N2CCN(S(=O)(=O)c3cccc([N+](=O)[O-])c3)CC2)cc1C. The van der Waals surface area contributed by atoms with E-state index < -0.39 is 14.9 Å². The highest BCUT2D eigenvalue weighted by molar-refractivity contribution is 7.89. The topological polar surface area (TPSA) is 101 Å². The Morgan fingerprint density at radius 2 is 1.68 bits per heavy atom. The Bertz CT molecular complexity index is 1030. The maximum absolute atomic E-state index is 12.8. The summed E-state index contributed by atoms with van der Waals surface area (Å²) in [5.74, 6) is -0.129. The van der Waals surface area contributed by atoms with Gasteiger partial charge in [-0.05, 0) is 43.2 Å². The number of sulfonamides is 1. The van der Waals surface area contributed by atoms with Crippen LogP contribution in [0.5, 0.6) is 0 Å². The zero-order chi connectivity index (χ0) is 20.5. The molecule has 0 saturated carbocycles. The molecule has 0 bridgehead atoms. The predicted octanol–water partition coefficient (Wildman–Crippen LogP) is 2.36. The highest BCUT2D eigenvalue weighted by Gasteiger charge is 2.31. The number of benzene rings is 2. The molecule has 8 nitrogen and oxygen atoms in total. The summed E-state index contributed by atoms with van der Waals surface area (Å²) in [5.41, 5.74) is 2.44. The molecule has 0 unspecified atom stereocenters. The molecule has 2 aromatic rings. The molecule has 0 radical (unpaired) electrons. The molecule has 1 amide bonds. The molecule has 148 valence electrons. The largest absolute Gasteiger partial charge is 0.336 e. The van der Waals surface area contributed by atoms with Crippen molar-refractivity contribution in [2.75, 3.05) is 26.2 Å². The zero-order valence-corrected chi connectivity index (χ0v) is 16.5. The second kappa shape index (κ2) is 7.69. The summed E-state index contributed by atoms with van der Waals surface area (Å²) in [4.78, 5) is 24.5. The van der Waals surface area contributed by atoms with Gasteiger partial charge in [0.15, 0.2) is 0 Å². The number of piperazine rings is 1. The highest BCUT2D eigenvalue weighted by atomic mass is 32.2. The second-order valence-electron chi connectivity index (χ2n) is 6.75. The molecule has 3 rings (SSSR count). The molecule has 0 atom stereocenters. The van der Waals surface area contributed by atoms with Crippen molar-refractivity contribution < 1.29 is 18.1 Å². The number of carbonyl (C=O) groups excluding carboxylic acids is 1. The smallest absolute Gasteiger partial charge is 0.270 e. The van der Waals surface area contributed by atoms with Crippen LogP contribution in [0.4, 0.5) is 5.69 Å². The molecule has 0 spiro atoms. The zero-order valence-electron chi connectivity index (χ0n) is 15.7. The van der Waals surface area contributed by atoms with Crippen molar-refractivity contribution in [1.82, 2.24) is 9.21 Å². The minimum atomic E-state index is -3.85. The molecule has 0 N–H and O–H groups in total. The minimum absolute atomic E-state index is 0.115. The number of amides is 1. The Labute approximate surface area is 163 Å². The van der Waals surface area contributed by atoms with Gasteiger partial charge in [0.2, 0.25) is 10.0 Å². The third kappa shape index (κ3) is 3.90. The van der Waals surface area contributed by atoms with E-state index in [0.717, 1.165) is 17.2 Å². The van der Waals surface area contributed by atoms with Gasteiger partial charge in [-0.15, -0.1) is 0 Å². The number of nitro groups is 1. The van der Waals surface area contributed by atoms with E-state index in [2.05, 4.69) is 0 Å². The third-order valence-corrected chi connectivity index (χ3v) is 6.84. The van der Waals surface area contributed by atoms with Crippen LogP contribution in [-0.2, 0) is 10.0 Å². The van der Waals surface area contributed by atoms with Gasteiger partial charge in [0.05, 0.1) is 9.82 Å². The van der Waals surface area contributed by atoms with Crippen LogP contribution in [0.1, 0.15) is 21.5 Å². The van der Waals surface area contributed by atoms with Crippen LogP contribution < -0.4 is 0 Å². The first-order valence-corrected chi connectivity index (χ1v) is 10.3. The fraction of sp³-hybridized carbons (Fsp3) is 0.316. The number of non-ortho nitro benzene ring substituents is 1. The van der Waals surface area contributed by atoms with E-state index in [0.29, 0.717) is 5.56 Å². The van der Waals surface area contributed by atoms with Crippen molar-refractivity contribution in [2.24, 2.45) is 0 Å². The average molecular weight is 403 g/mol. The molecule has 1 aliphatic rings. The normalized spacial score (nSPS) is 15.4. The number of nitrogens with zero attached hydrogens (tertiary/aromatic N) is 3. The average Bonchev–Trinajstić information content (AvgIpc) is 2.69. The van der Waals surface area contributed by atoms with Crippen molar-refractivity contribution in [3.05, 3.63) is 69.3 Å². The maximum Gasteiger partial charge on any atom is 0.270 e. The molecular formula is C19H21N3O5S. The molecule has 1 heterocycles. The number of hydrogen-bond acceptors (Lipinski definition) is 5. The predicted molar refractivity (Wildman–Crippen MR) is 104 cm³/mol. The first-order chi connectivity index (χ1) is 13.2. The first kappa shape index (κ1) is 20.0. The molecule has 1 aliphatic heterocycles. The van der Waals surface area contributed by atoms with Crippen LogP contribution in [0.25, 0.3) is 0 Å². The van der Waals surface area contributed by atoms with Crippen molar-refractivity contribution in [1.29, 1.82) is 0 Å². The minimum Gasteiger partial charge on any atom is -0.336 e. The lowest BCUT2D eigenvalue weighted by Gasteiger charge is -2.34. The third-order valence-electron chi connectivity index (χ3n) is 4.95. The van der Waals surface area contributed by atoms with Gasteiger partial charge >= 0.3 is 0 Å². The van der Waals surface area contributed by atoms with Crippen LogP contribution in [-0.4, -0.2) is 54.6 Å². The van der Waals surface area contributed by atoms with Crippen molar-refractivity contribution in [3.8, 4) is 0 Å². The quantitative estimate of drug-likeness (QED) is 0.576. The molecule has 2 aromatic carbocycles. The fourth-order valence-electron chi connectivity index (χ4n) is 3.10. The number of hydrogen-bond donors (Lipinski definition) is 0. The van der Waals surface area contributed by atoms with Gasteiger partial charge in [0.25, 0.3) is 11.6 Å². The van der Waals surface area contributed by atoms with Crippen LogP contribution in [0.2, 0.25) is 0 Å². The molecule has 0 aromatic heterocycles. The summed E-state index contributed by atoms with van der Waals surface area (Å²) < 4.78 is 26.8. The van der Waals surface area contributed by atoms with Crippen LogP contribution in [0.3, 0.4) is 0 Å². The lowest BCUT2D eigenvalue weighted by molar-refractivity contribution is -0.385. The molecule has 1 saturated heterocycles. The van der Waals surface area contributed by atoms with Crippen LogP contribution in [0.15, 0.2) is 47.4 Å². The molecule has 28 heavy (non-hydrogen) atoms. The van der Waals surface area contributed by atoms with E-state index in [1.165, 1.54) is 22.5 Å². The molecular weight excluding hydrogens is 382 g/mol. The highest BCUT2D eigenvalue weighted by Crippen LogP contribution is 2.22. The van der Waals surface area contributed by atoms with Gasteiger partial charge in [-0.25, -0.2) is 8.42 Å². The van der Waals surface area contributed by atoms with Crippen LogP contribution in [0, 0.1) is 24.0 Å². The molecule has 0 aliphatic carbocycles. The Hall–Kier alpha value is -2.78. The number of nitro benzene ring substituents is 1. The van der Waals surface area contributed by atoms with E-state index in [4.69, 9.17) is 0 Å². The standard InChI is InChI=1S/C19H21N3O5S/c1-14-6-7-16(12-15(14)2)19(23)20-8-10-21(11-9-20)28(26,27)18-5-3-4-17(13-18)22(24)25/h3-7,12-13H,8-11H2,1-2H3. The van der Waals surface area contributed by atoms with E-state index in [1.807, 2.05) is 26.0 Å². The van der Waals surface area contributed by atoms with E-state index in [-0.39, 0.29) is 42.7 Å². The van der Waals surface area contributed by atoms with Crippen molar-refractivity contribution in [2.45, 2.75) is 18.7 Å². The Morgan fingerprint density at radius 3 is 2.29 bits per heavy atom. The van der Waals surface area contributed by atoms with Gasteiger partial charge in [-0.1, -0.05) is 12.1 Å². The van der Waals surface area contributed by atoms with E-state index in [9.17, 15) is 23.3 Å². The van der Waals surface area contributed by atoms with Crippen molar-refractivity contribution in [3.63, 3.8) is 0 Å². The first-order valence-electron chi connectivity index (χ1n) is 8.81. The van der Waals surface area contributed by atoms with Gasteiger partial charge in [0, 0.05) is 43.9 Å². The summed E-state index contributed by atoms with van der Waals surface area (Å²) in [6, 6.07) is 10.5. The lowest BCUT2D eigenvalue weighted by Crippen LogP contribution is -2.50. The number of aryl methyl sites for hydroxylation is 2. The Balaban J connectivity index is 1.72. The summed E-state index contributed by atoms with van der Waals surface area (Å²) >= 11 is 0. The lowest BCUT2D eigenvalue weighted by atomic mass is 10.1. The van der Waals surface area contributed by atoms with E-state index >= 15 is 0 Å². The maximum atomic E-state index is 12.8. The Morgan fingerprint density at radius 1 is 1.00 bits per heavy atom.